The second-order valence-corrected chi connectivity index (χ2v) is 9.39. The Bertz CT molecular complexity index is 899. The lowest BCUT2D eigenvalue weighted by atomic mass is 9.86. The second kappa shape index (κ2) is 9.77. The molecule has 0 atom stereocenters. The summed E-state index contributed by atoms with van der Waals surface area (Å²) in [6.45, 7) is 3.51. The average Bonchev–Trinajstić information content (AvgIpc) is 2.80. The molecule has 1 aliphatic heterocycles. The molecule has 1 aromatic carbocycles. The third-order valence-corrected chi connectivity index (χ3v) is 6.88. The molecule has 0 radical (unpaired) electrons. The number of amides is 1. The molecule has 1 aromatic heterocycles. The van der Waals surface area contributed by atoms with Crippen molar-refractivity contribution in [3.63, 3.8) is 0 Å². The number of anilines is 1. The summed E-state index contributed by atoms with van der Waals surface area (Å²) in [6.07, 6.45) is 11.2. The third kappa shape index (κ3) is 5.24. The highest BCUT2D eigenvalue weighted by Crippen LogP contribution is 2.35. The van der Waals surface area contributed by atoms with Crippen molar-refractivity contribution in [2.45, 2.75) is 50.9 Å². The van der Waals surface area contributed by atoms with Gasteiger partial charge in [-0.1, -0.05) is 31.4 Å². The van der Waals surface area contributed by atoms with Crippen molar-refractivity contribution in [3.05, 3.63) is 41.7 Å². The van der Waals surface area contributed by atoms with E-state index >= 15 is 0 Å². The standard InChI is InChI=1S/C25H35N5O/c1-29(2)25-27-16-22(20-9-6-10-21(15-20)24(26)31)23(28-25)19-11-13-30(14-12-19)17-18-7-4-3-5-8-18/h6,9-10,15-16,18-19H,3-5,7-8,11-14,17H2,1-2H3,(H2,26,31). The largest absolute Gasteiger partial charge is 0.366 e. The normalized spacial score (nSPS) is 18.8. The number of benzene rings is 1. The van der Waals surface area contributed by atoms with Gasteiger partial charge in [0.25, 0.3) is 0 Å². The molecular weight excluding hydrogens is 386 g/mol. The molecule has 6 nitrogen and oxygen atoms in total. The van der Waals surface area contributed by atoms with E-state index in [2.05, 4.69) is 9.88 Å². The summed E-state index contributed by atoms with van der Waals surface area (Å²) in [5.74, 6) is 1.60. The van der Waals surface area contributed by atoms with Crippen molar-refractivity contribution in [3.8, 4) is 11.1 Å². The Morgan fingerprint density at radius 2 is 1.87 bits per heavy atom. The topological polar surface area (TPSA) is 75.4 Å². The molecule has 1 saturated carbocycles. The Morgan fingerprint density at radius 3 is 2.55 bits per heavy atom. The Balaban J connectivity index is 1.55. The molecule has 2 aliphatic rings. The summed E-state index contributed by atoms with van der Waals surface area (Å²) in [4.78, 5) is 25.8. The van der Waals surface area contributed by atoms with Crippen molar-refractivity contribution >= 4 is 11.9 Å². The minimum Gasteiger partial charge on any atom is -0.366 e. The maximum absolute atomic E-state index is 11.7. The van der Waals surface area contributed by atoms with Crippen molar-refractivity contribution < 1.29 is 4.79 Å². The molecular formula is C25H35N5O. The maximum atomic E-state index is 11.7. The van der Waals surface area contributed by atoms with Crippen LogP contribution in [0.25, 0.3) is 11.1 Å². The first-order chi connectivity index (χ1) is 15.0. The van der Waals surface area contributed by atoms with Crippen LogP contribution in [0.15, 0.2) is 30.5 Å². The van der Waals surface area contributed by atoms with E-state index in [1.807, 2.05) is 43.4 Å². The van der Waals surface area contributed by atoms with E-state index in [0.29, 0.717) is 11.5 Å². The number of primary amides is 1. The molecule has 0 unspecified atom stereocenters. The van der Waals surface area contributed by atoms with Crippen molar-refractivity contribution in [1.82, 2.24) is 14.9 Å². The van der Waals surface area contributed by atoms with Crippen LogP contribution in [0.5, 0.6) is 0 Å². The number of hydrogen-bond donors (Lipinski definition) is 1. The van der Waals surface area contributed by atoms with E-state index in [1.165, 1.54) is 38.6 Å². The fourth-order valence-corrected chi connectivity index (χ4v) is 5.10. The molecule has 1 aliphatic carbocycles. The number of carbonyl (C=O) groups is 1. The second-order valence-electron chi connectivity index (χ2n) is 9.39. The van der Waals surface area contributed by atoms with Gasteiger partial charge in [-0.3, -0.25) is 4.79 Å². The summed E-state index contributed by atoms with van der Waals surface area (Å²) in [6, 6.07) is 7.51. The zero-order valence-corrected chi connectivity index (χ0v) is 18.9. The lowest BCUT2D eigenvalue weighted by Gasteiger charge is -2.35. The number of aromatic nitrogens is 2. The van der Waals surface area contributed by atoms with Crippen LogP contribution in [0.2, 0.25) is 0 Å². The average molecular weight is 422 g/mol. The van der Waals surface area contributed by atoms with Gasteiger partial charge in [-0.15, -0.1) is 0 Å². The Labute approximate surface area is 185 Å². The molecule has 2 aromatic rings. The summed E-state index contributed by atoms with van der Waals surface area (Å²) in [5, 5.41) is 0. The summed E-state index contributed by atoms with van der Waals surface area (Å²) in [7, 11) is 3.94. The highest BCUT2D eigenvalue weighted by atomic mass is 16.1. The molecule has 0 spiro atoms. The fourth-order valence-electron chi connectivity index (χ4n) is 5.10. The first-order valence-electron chi connectivity index (χ1n) is 11.7. The molecule has 4 rings (SSSR count). The number of nitrogens with zero attached hydrogens (tertiary/aromatic N) is 4. The van der Waals surface area contributed by atoms with Gasteiger partial charge < -0.3 is 15.5 Å². The number of nitrogens with two attached hydrogens (primary N) is 1. The van der Waals surface area contributed by atoms with E-state index < -0.39 is 5.91 Å². The molecule has 2 heterocycles. The van der Waals surface area contributed by atoms with Crippen LogP contribution < -0.4 is 10.6 Å². The number of likely N-dealkylation sites (tertiary alicyclic amines) is 1. The van der Waals surface area contributed by atoms with Gasteiger partial charge >= 0.3 is 0 Å². The first-order valence-corrected chi connectivity index (χ1v) is 11.7. The number of rotatable bonds is 6. The Hall–Kier alpha value is -2.47. The quantitative estimate of drug-likeness (QED) is 0.761. The predicted molar refractivity (Wildman–Crippen MR) is 125 cm³/mol. The van der Waals surface area contributed by atoms with Gasteiger partial charge in [-0.05, 0) is 62.4 Å². The van der Waals surface area contributed by atoms with Crippen molar-refractivity contribution in [2.75, 3.05) is 38.6 Å². The first kappa shape index (κ1) is 21.8. The van der Waals surface area contributed by atoms with Gasteiger partial charge in [0.05, 0.1) is 5.69 Å². The van der Waals surface area contributed by atoms with Gasteiger partial charge in [0, 0.05) is 43.9 Å². The molecule has 2 N–H and O–H groups in total. The number of hydrogen-bond acceptors (Lipinski definition) is 5. The molecule has 166 valence electrons. The minimum atomic E-state index is -0.412. The predicted octanol–water partition coefficient (Wildman–Crippen LogP) is 4.07. The van der Waals surface area contributed by atoms with E-state index in [-0.39, 0.29) is 0 Å². The lowest BCUT2D eigenvalue weighted by molar-refractivity contribution is 0.100. The molecule has 6 heteroatoms. The molecule has 2 fully saturated rings. The summed E-state index contributed by atoms with van der Waals surface area (Å²) >= 11 is 0. The van der Waals surface area contributed by atoms with E-state index in [9.17, 15) is 4.79 Å². The minimum absolute atomic E-state index is 0.400. The van der Waals surface area contributed by atoms with Gasteiger partial charge in [-0.25, -0.2) is 9.97 Å². The Morgan fingerprint density at radius 1 is 1.13 bits per heavy atom. The molecule has 1 saturated heterocycles. The zero-order valence-electron chi connectivity index (χ0n) is 18.9. The van der Waals surface area contributed by atoms with Crippen molar-refractivity contribution in [1.29, 1.82) is 0 Å². The molecule has 31 heavy (non-hydrogen) atoms. The van der Waals surface area contributed by atoms with Crippen LogP contribution in [0.4, 0.5) is 5.95 Å². The highest BCUT2D eigenvalue weighted by Gasteiger charge is 2.27. The van der Waals surface area contributed by atoms with Gasteiger partial charge in [0.1, 0.15) is 0 Å². The molecule has 0 bridgehead atoms. The summed E-state index contributed by atoms with van der Waals surface area (Å²) < 4.78 is 0. The maximum Gasteiger partial charge on any atom is 0.248 e. The van der Waals surface area contributed by atoms with Crippen LogP contribution in [-0.2, 0) is 0 Å². The lowest BCUT2D eigenvalue weighted by Crippen LogP contribution is -2.37. The highest BCUT2D eigenvalue weighted by molar-refractivity contribution is 5.94. The third-order valence-electron chi connectivity index (χ3n) is 6.88. The smallest absolute Gasteiger partial charge is 0.248 e. The van der Waals surface area contributed by atoms with Crippen LogP contribution >= 0.6 is 0 Å². The summed E-state index contributed by atoms with van der Waals surface area (Å²) in [5.41, 5.74) is 9.10. The van der Waals surface area contributed by atoms with Gasteiger partial charge in [0.2, 0.25) is 11.9 Å². The SMILES string of the molecule is CN(C)c1ncc(-c2cccc(C(N)=O)c2)c(C2CCN(CC3CCCCC3)CC2)n1. The monoisotopic (exact) mass is 421 g/mol. The number of carbonyl (C=O) groups excluding carboxylic acids is 1. The Kier molecular flexibility index (Phi) is 6.86. The van der Waals surface area contributed by atoms with Crippen LogP contribution in [0, 0.1) is 5.92 Å². The van der Waals surface area contributed by atoms with Crippen molar-refractivity contribution in [2.24, 2.45) is 11.7 Å². The molecule has 1 amide bonds. The van der Waals surface area contributed by atoms with E-state index in [0.717, 1.165) is 54.6 Å². The zero-order chi connectivity index (χ0) is 21.8. The van der Waals surface area contributed by atoms with Crippen LogP contribution in [0.3, 0.4) is 0 Å². The van der Waals surface area contributed by atoms with Gasteiger partial charge in [-0.2, -0.15) is 0 Å². The fraction of sp³-hybridized carbons (Fsp3) is 0.560. The van der Waals surface area contributed by atoms with Crippen LogP contribution in [-0.4, -0.2) is 54.5 Å². The van der Waals surface area contributed by atoms with Gasteiger partial charge in [0.15, 0.2) is 0 Å². The number of piperidine rings is 1. The van der Waals surface area contributed by atoms with Crippen LogP contribution in [0.1, 0.15) is 66.9 Å². The van der Waals surface area contributed by atoms with E-state index in [1.54, 1.807) is 6.07 Å². The van der Waals surface area contributed by atoms with E-state index in [4.69, 9.17) is 10.7 Å².